The molecular formula is C53H32N4O. The summed E-state index contributed by atoms with van der Waals surface area (Å²) in [4.78, 5) is 15.6. The standard InChI is InChI=1S/C53H32N4O/c1-2-14-35-30-39(27-26-33(35)12-1)52-54-51(55-53(56-52)44-22-11-25-48-50(44)43-21-6-8-24-47(43)58-48)38-17-9-15-36(31-38)37-16-10-18-40(32-37)57-45-23-7-5-20-42(45)49-41-19-4-3-13-34(41)28-29-46(49)57/h1-32H. The molecule has 0 bridgehead atoms. The summed E-state index contributed by atoms with van der Waals surface area (Å²) in [5.74, 6) is 1.81. The first-order valence-corrected chi connectivity index (χ1v) is 19.5. The quantitative estimate of drug-likeness (QED) is 0.176. The molecule has 0 aliphatic carbocycles. The van der Waals surface area contributed by atoms with E-state index in [-0.39, 0.29) is 0 Å². The third kappa shape index (κ3) is 5.14. The van der Waals surface area contributed by atoms with Gasteiger partial charge in [-0.25, -0.2) is 15.0 Å². The molecule has 3 heterocycles. The number of fused-ring (bicyclic) bond motifs is 9. The van der Waals surface area contributed by atoms with Gasteiger partial charge in [0.15, 0.2) is 17.5 Å². The Labute approximate surface area is 333 Å². The van der Waals surface area contributed by atoms with Crippen molar-refractivity contribution in [3.63, 3.8) is 0 Å². The Kier molecular flexibility index (Phi) is 7.16. The molecule has 0 saturated carbocycles. The third-order valence-corrected chi connectivity index (χ3v) is 11.4. The largest absolute Gasteiger partial charge is 0.456 e. The Morgan fingerprint density at radius 2 is 0.966 bits per heavy atom. The monoisotopic (exact) mass is 740 g/mol. The van der Waals surface area contributed by atoms with E-state index in [9.17, 15) is 0 Å². The minimum absolute atomic E-state index is 0.594. The molecule has 0 unspecified atom stereocenters. The summed E-state index contributed by atoms with van der Waals surface area (Å²) in [6.45, 7) is 0. The van der Waals surface area contributed by atoms with Crippen molar-refractivity contribution in [2.24, 2.45) is 0 Å². The highest BCUT2D eigenvalue weighted by molar-refractivity contribution is 6.21. The van der Waals surface area contributed by atoms with Gasteiger partial charge in [0, 0.05) is 43.9 Å². The van der Waals surface area contributed by atoms with Gasteiger partial charge >= 0.3 is 0 Å². The second-order valence-corrected chi connectivity index (χ2v) is 14.8. The van der Waals surface area contributed by atoms with E-state index in [1.54, 1.807) is 0 Å². The maximum absolute atomic E-state index is 6.29. The molecule has 270 valence electrons. The molecule has 9 aromatic carbocycles. The van der Waals surface area contributed by atoms with Crippen molar-refractivity contribution in [1.82, 2.24) is 19.5 Å². The second kappa shape index (κ2) is 12.8. The lowest BCUT2D eigenvalue weighted by Crippen LogP contribution is -2.00. The summed E-state index contributed by atoms with van der Waals surface area (Å²) in [5, 5.41) is 9.33. The molecule has 12 rings (SSSR count). The van der Waals surface area contributed by atoms with Crippen LogP contribution in [0.25, 0.3) is 116 Å². The molecule has 0 fully saturated rings. The van der Waals surface area contributed by atoms with Crippen molar-refractivity contribution in [2.75, 3.05) is 0 Å². The van der Waals surface area contributed by atoms with Crippen LogP contribution < -0.4 is 0 Å². The molecule has 5 heteroatoms. The van der Waals surface area contributed by atoms with E-state index in [0.717, 1.165) is 60.8 Å². The minimum atomic E-state index is 0.594. The van der Waals surface area contributed by atoms with Crippen molar-refractivity contribution in [1.29, 1.82) is 0 Å². The van der Waals surface area contributed by atoms with Gasteiger partial charge in [-0.3, -0.25) is 0 Å². The first-order chi connectivity index (χ1) is 28.7. The van der Waals surface area contributed by atoms with Crippen LogP contribution in [0.1, 0.15) is 0 Å². The lowest BCUT2D eigenvalue weighted by molar-refractivity contribution is 0.669. The number of aromatic nitrogens is 4. The molecule has 12 aromatic rings. The Morgan fingerprint density at radius 1 is 0.345 bits per heavy atom. The van der Waals surface area contributed by atoms with Crippen LogP contribution in [0.2, 0.25) is 0 Å². The fraction of sp³-hybridized carbons (Fsp3) is 0. The van der Waals surface area contributed by atoms with Gasteiger partial charge in [0.05, 0.1) is 11.0 Å². The van der Waals surface area contributed by atoms with Crippen LogP contribution in [-0.4, -0.2) is 19.5 Å². The summed E-state index contributed by atoms with van der Waals surface area (Å²) >= 11 is 0. The molecule has 0 aliphatic rings. The van der Waals surface area contributed by atoms with E-state index in [1.807, 2.05) is 30.3 Å². The van der Waals surface area contributed by atoms with Crippen molar-refractivity contribution in [3.05, 3.63) is 194 Å². The number of furan rings is 1. The lowest BCUT2D eigenvalue weighted by Gasteiger charge is -2.12. The molecule has 58 heavy (non-hydrogen) atoms. The van der Waals surface area contributed by atoms with Crippen LogP contribution in [0.15, 0.2) is 199 Å². The van der Waals surface area contributed by atoms with Crippen molar-refractivity contribution >= 4 is 65.3 Å². The van der Waals surface area contributed by atoms with Gasteiger partial charge < -0.3 is 8.98 Å². The van der Waals surface area contributed by atoms with Crippen LogP contribution in [0.4, 0.5) is 0 Å². The molecule has 0 atom stereocenters. The van der Waals surface area contributed by atoms with Crippen LogP contribution in [0, 0.1) is 0 Å². The smallest absolute Gasteiger partial charge is 0.164 e. The fourth-order valence-electron chi connectivity index (χ4n) is 8.72. The average Bonchev–Trinajstić information content (AvgIpc) is 3.85. The summed E-state index contributed by atoms with van der Waals surface area (Å²) in [7, 11) is 0. The zero-order chi connectivity index (χ0) is 38.2. The van der Waals surface area contributed by atoms with E-state index < -0.39 is 0 Å². The lowest BCUT2D eigenvalue weighted by atomic mass is 10.0. The second-order valence-electron chi connectivity index (χ2n) is 14.8. The maximum atomic E-state index is 6.29. The molecule has 0 aliphatic heterocycles. The van der Waals surface area contributed by atoms with Gasteiger partial charge in [0.25, 0.3) is 0 Å². The Morgan fingerprint density at radius 3 is 1.84 bits per heavy atom. The highest BCUT2D eigenvalue weighted by atomic mass is 16.3. The number of benzene rings is 9. The average molecular weight is 741 g/mol. The van der Waals surface area contributed by atoms with Crippen molar-refractivity contribution < 1.29 is 4.42 Å². The van der Waals surface area contributed by atoms with Gasteiger partial charge in [-0.15, -0.1) is 0 Å². The SMILES string of the molecule is c1cc(-c2cccc(-n3c4ccccc4c4c5ccccc5ccc43)c2)cc(-c2nc(-c3ccc4ccccc4c3)nc(-c3cccc4oc5ccccc5c34)n2)c1. The van der Waals surface area contributed by atoms with Gasteiger partial charge in [0.2, 0.25) is 0 Å². The van der Waals surface area contributed by atoms with Crippen LogP contribution in [0.3, 0.4) is 0 Å². The van der Waals surface area contributed by atoms with Crippen LogP contribution in [0.5, 0.6) is 0 Å². The zero-order valence-corrected chi connectivity index (χ0v) is 31.2. The number of rotatable bonds is 5. The summed E-state index contributed by atoms with van der Waals surface area (Å²) in [6, 6.07) is 68.1. The Balaban J connectivity index is 1.02. The summed E-state index contributed by atoms with van der Waals surface area (Å²) in [6.07, 6.45) is 0. The van der Waals surface area contributed by atoms with E-state index in [0.29, 0.717) is 17.5 Å². The van der Waals surface area contributed by atoms with E-state index in [2.05, 4.69) is 168 Å². The minimum Gasteiger partial charge on any atom is -0.456 e. The zero-order valence-electron chi connectivity index (χ0n) is 31.2. The molecule has 0 amide bonds. The maximum Gasteiger partial charge on any atom is 0.164 e. The highest BCUT2D eigenvalue weighted by Crippen LogP contribution is 2.39. The van der Waals surface area contributed by atoms with E-state index in [1.165, 1.54) is 38.0 Å². The molecule has 3 aromatic heterocycles. The molecule has 0 spiro atoms. The van der Waals surface area contributed by atoms with E-state index >= 15 is 0 Å². The molecule has 0 N–H and O–H groups in total. The third-order valence-electron chi connectivity index (χ3n) is 11.4. The molecule has 5 nitrogen and oxygen atoms in total. The van der Waals surface area contributed by atoms with Gasteiger partial charge in [0.1, 0.15) is 11.2 Å². The van der Waals surface area contributed by atoms with Crippen molar-refractivity contribution in [2.45, 2.75) is 0 Å². The first kappa shape index (κ1) is 32.4. The summed E-state index contributed by atoms with van der Waals surface area (Å²) in [5.41, 5.74) is 10.00. The van der Waals surface area contributed by atoms with Gasteiger partial charge in [-0.05, 0) is 81.2 Å². The Bertz CT molecular complexity index is 3600. The first-order valence-electron chi connectivity index (χ1n) is 19.5. The molecular weight excluding hydrogens is 709 g/mol. The van der Waals surface area contributed by atoms with Crippen molar-refractivity contribution in [3.8, 4) is 51.0 Å². The van der Waals surface area contributed by atoms with Gasteiger partial charge in [-0.2, -0.15) is 0 Å². The van der Waals surface area contributed by atoms with E-state index in [4.69, 9.17) is 19.4 Å². The number of para-hydroxylation sites is 2. The molecule has 0 radical (unpaired) electrons. The van der Waals surface area contributed by atoms with Crippen LogP contribution >= 0.6 is 0 Å². The van der Waals surface area contributed by atoms with Crippen LogP contribution in [-0.2, 0) is 0 Å². The topological polar surface area (TPSA) is 56.7 Å². The number of hydrogen-bond acceptors (Lipinski definition) is 4. The van der Waals surface area contributed by atoms with Gasteiger partial charge in [-0.1, -0.05) is 146 Å². The predicted molar refractivity (Wildman–Crippen MR) is 238 cm³/mol. The highest BCUT2D eigenvalue weighted by Gasteiger charge is 2.19. The molecule has 0 saturated heterocycles. The predicted octanol–water partition coefficient (Wildman–Crippen LogP) is 13.8. The summed E-state index contributed by atoms with van der Waals surface area (Å²) < 4.78 is 8.67. The Hall–Kier alpha value is -7.89. The number of hydrogen-bond donors (Lipinski definition) is 0. The number of nitrogens with zero attached hydrogens (tertiary/aromatic N) is 4. The normalized spacial score (nSPS) is 11.8. The fourth-order valence-corrected chi connectivity index (χ4v) is 8.72.